The molecule has 3 heteroatoms. The fourth-order valence-corrected chi connectivity index (χ4v) is 2.48. The Kier molecular flexibility index (Phi) is 6.05. The highest BCUT2D eigenvalue weighted by molar-refractivity contribution is 5.06. The molecule has 0 aliphatic carbocycles. The second-order valence-electron chi connectivity index (χ2n) is 6.84. The minimum atomic E-state index is 0.0777. The fourth-order valence-electron chi connectivity index (χ4n) is 2.48. The van der Waals surface area contributed by atoms with Gasteiger partial charge in [0.15, 0.2) is 0 Å². The summed E-state index contributed by atoms with van der Waals surface area (Å²) in [6.07, 6.45) is 9.03. The molecule has 19 heavy (non-hydrogen) atoms. The second-order valence-corrected chi connectivity index (χ2v) is 6.84. The molecule has 0 aliphatic heterocycles. The summed E-state index contributed by atoms with van der Waals surface area (Å²) >= 11 is 0. The monoisotopic (exact) mass is 265 g/mol. The molecule has 0 fully saturated rings. The van der Waals surface area contributed by atoms with E-state index in [4.69, 9.17) is 5.73 Å². The minimum Gasteiger partial charge on any atom is -0.333 e. The molecule has 3 nitrogen and oxygen atoms in total. The zero-order valence-corrected chi connectivity index (χ0v) is 13.3. The van der Waals surface area contributed by atoms with Gasteiger partial charge >= 0.3 is 0 Å². The van der Waals surface area contributed by atoms with Gasteiger partial charge in [-0.1, -0.05) is 53.9 Å². The van der Waals surface area contributed by atoms with E-state index in [-0.39, 0.29) is 6.04 Å². The Morgan fingerprint density at radius 1 is 1.32 bits per heavy atom. The molecule has 1 heterocycles. The molecule has 0 amide bonds. The van der Waals surface area contributed by atoms with Gasteiger partial charge in [0, 0.05) is 18.8 Å². The van der Waals surface area contributed by atoms with Gasteiger partial charge in [0.2, 0.25) is 0 Å². The molecule has 1 atom stereocenters. The van der Waals surface area contributed by atoms with Gasteiger partial charge in [-0.2, -0.15) is 0 Å². The summed E-state index contributed by atoms with van der Waals surface area (Å²) in [5.41, 5.74) is 7.73. The lowest BCUT2D eigenvalue weighted by Crippen LogP contribution is -2.25. The smallest absolute Gasteiger partial charge is 0.0948 e. The molecule has 0 aliphatic rings. The van der Waals surface area contributed by atoms with Crippen LogP contribution in [-0.2, 0) is 6.54 Å². The quantitative estimate of drug-likeness (QED) is 0.718. The zero-order valence-electron chi connectivity index (χ0n) is 13.3. The standard InChI is InChI=1S/C16H31N3/c1-6-7-8-9-16(4,5)11-19-12-18-10-14(19)15(17)13(2)3/h10,12-13,15H,6-9,11,17H2,1-5H3. The number of nitrogens with two attached hydrogens (primary N) is 1. The Morgan fingerprint density at radius 2 is 2.00 bits per heavy atom. The predicted octanol–water partition coefficient (Wildman–Crippen LogP) is 4.15. The van der Waals surface area contributed by atoms with E-state index < -0.39 is 0 Å². The lowest BCUT2D eigenvalue weighted by Gasteiger charge is -2.27. The highest BCUT2D eigenvalue weighted by Gasteiger charge is 2.22. The van der Waals surface area contributed by atoms with Crippen molar-refractivity contribution in [2.75, 3.05) is 0 Å². The first-order chi connectivity index (χ1) is 8.87. The van der Waals surface area contributed by atoms with Crippen LogP contribution in [0.1, 0.15) is 72.0 Å². The first-order valence-electron chi connectivity index (χ1n) is 7.63. The Hall–Kier alpha value is -0.830. The molecule has 2 N–H and O–H groups in total. The lowest BCUT2D eigenvalue weighted by molar-refractivity contribution is 0.264. The number of imidazole rings is 1. The van der Waals surface area contributed by atoms with E-state index in [1.54, 1.807) is 0 Å². The predicted molar refractivity (Wildman–Crippen MR) is 81.9 cm³/mol. The van der Waals surface area contributed by atoms with Crippen molar-refractivity contribution in [3.63, 3.8) is 0 Å². The van der Waals surface area contributed by atoms with Gasteiger partial charge in [0.1, 0.15) is 0 Å². The van der Waals surface area contributed by atoms with Gasteiger partial charge in [-0.15, -0.1) is 0 Å². The fraction of sp³-hybridized carbons (Fsp3) is 0.812. The van der Waals surface area contributed by atoms with Crippen molar-refractivity contribution in [1.82, 2.24) is 9.55 Å². The average molecular weight is 265 g/mol. The Bertz CT molecular complexity index is 366. The van der Waals surface area contributed by atoms with Crippen molar-refractivity contribution in [2.45, 2.75) is 72.9 Å². The van der Waals surface area contributed by atoms with E-state index in [1.807, 2.05) is 12.5 Å². The number of hydrogen-bond acceptors (Lipinski definition) is 2. The van der Waals surface area contributed by atoms with Crippen molar-refractivity contribution in [3.8, 4) is 0 Å². The molecule has 1 rings (SSSR count). The molecule has 1 aromatic rings. The van der Waals surface area contributed by atoms with Gasteiger partial charge in [0.25, 0.3) is 0 Å². The third kappa shape index (κ3) is 4.98. The Balaban J connectivity index is 2.68. The van der Waals surface area contributed by atoms with Crippen LogP contribution < -0.4 is 5.73 Å². The van der Waals surface area contributed by atoms with Crippen LogP contribution in [0.4, 0.5) is 0 Å². The van der Waals surface area contributed by atoms with Gasteiger partial charge in [-0.3, -0.25) is 0 Å². The van der Waals surface area contributed by atoms with Crippen LogP contribution in [0.15, 0.2) is 12.5 Å². The molecular weight excluding hydrogens is 234 g/mol. The summed E-state index contributed by atoms with van der Waals surface area (Å²) in [6, 6.07) is 0.0777. The Morgan fingerprint density at radius 3 is 2.58 bits per heavy atom. The van der Waals surface area contributed by atoms with Crippen LogP contribution in [0.2, 0.25) is 0 Å². The maximum absolute atomic E-state index is 6.26. The largest absolute Gasteiger partial charge is 0.333 e. The van der Waals surface area contributed by atoms with E-state index in [1.165, 1.54) is 31.4 Å². The molecule has 0 spiro atoms. The number of hydrogen-bond donors (Lipinski definition) is 1. The Labute approximate surface area is 118 Å². The van der Waals surface area contributed by atoms with Crippen molar-refractivity contribution < 1.29 is 0 Å². The maximum Gasteiger partial charge on any atom is 0.0948 e. The molecule has 0 radical (unpaired) electrons. The van der Waals surface area contributed by atoms with Crippen LogP contribution in [0.3, 0.4) is 0 Å². The second kappa shape index (κ2) is 7.09. The summed E-state index contributed by atoms with van der Waals surface area (Å²) < 4.78 is 2.25. The number of unbranched alkanes of at least 4 members (excludes halogenated alkanes) is 2. The van der Waals surface area contributed by atoms with Crippen LogP contribution in [-0.4, -0.2) is 9.55 Å². The van der Waals surface area contributed by atoms with Crippen LogP contribution in [0, 0.1) is 11.3 Å². The number of aromatic nitrogens is 2. The minimum absolute atomic E-state index is 0.0777. The molecule has 0 saturated carbocycles. The maximum atomic E-state index is 6.26. The summed E-state index contributed by atoms with van der Waals surface area (Å²) in [6.45, 7) is 12.3. The van der Waals surface area contributed by atoms with Gasteiger partial charge in [-0.25, -0.2) is 4.98 Å². The van der Waals surface area contributed by atoms with E-state index >= 15 is 0 Å². The van der Waals surface area contributed by atoms with Crippen molar-refractivity contribution >= 4 is 0 Å². The summed E-state index contributed by atoms with van der Waals surface area (Å²) in [5.74, 6) is 0.443. The number of nitrogens with zero attached hydrogens (tertiary/aromatic N) is 2. The van der Waals surface area contributed by atoms with Crippen molar-refractivity contribution in [1.29, 1.82) is 0 Å². The first kappa shape index (κ1) is 16.2. The summed E-state index contributed by atoms with van der Waals surface area (Å²) in [4.78, 5) is 4.29. The van der Waals surface area contributed by atoms with E-state index in [0.717, 1.165) is 6.54 Å². The highest BCUT2D eigenvalue weighted by atomic mass is 15.1. The van der Waals surface area contributed by atoms with E-state index in [0.29, 0.717) is 11.3 Å². The third-order valence-corrected chi connectivity index (χ3v) is 3.86. The molecule has 0 saturated heterocycles. The normalized spacial score (nSPS) is 14.1. The molecular formula is C16H31N3. The van der Waals surface area contributed by atoms with Gasteiger partial charge in [-0.05, 0) is 17.8 Å². The van der Waals surface area contributed by atoms with Crippen LogP contribution in [0.25, 0.3) is 0 Å². The summed E-state index contributed by atoms with van der Waals surface area (Å²) in [5, 5.41) is 0. The molecule has 0 aromatic carbocycles. The third-order valence-electron chi connectivity index (χ3n) is 3.86. The molecule has 0 bridgehead atoms. The van der Waals surface area contributed by atoms with Crippen molar-refractivity contribution in [2.24, 2.45) is 17.1 Å². The average Bonchev–Trinajstić information content (AvgIpc) is 2.75. The first-order valence-corrected chi connectivity index (χ1v) is 7.63. The zero-order chi connectivity index (χ0) is 14.5. The van der Waals surface area contributed by atoms with Gasteiger partial charge in [0.05, 0.1) is 12.0 Å². The topological polar surface area (TPSA) is 43.8 Å². The van der Waals surface area contributed by atoms with Crippen molar-refractivity contribution in [3.05, 3.63) is 18.2 Å². The summed E-state index contributed by atoms with van der Waals surface area (Å²) in [7, 11) is 0. The SMILES string of the molecule is CCCCCC(C)(C)Cn1cncc1C(N)C(C)C. The molecule has 1 aromatic heterocycles. The number of rotatable bonds is 8. The van der Waals surface area contributed by atoms with Gasteiger partial charge < -0.3 is 10.3 Å². The highest BCUT2D eigenvalue weighted by Crippen LogP contribution is 2.28. The lowest BCUT2D eigenvalue weighted by atomic mass is 9.86. The van der Waals surface area contributed by atoms with Crippen LogP contribution in [0.5, 0.6) is 0 Å². The van der Waals surface area contributed by atoms with Crippen LogP contribution >= 0.6 is 0 Å². The molecule has 1 unspecified atom stereocenters. The van der Waals surface area contributed by atoms with E-state index in [9.17, 15) is 0 Å². The van der Waals surface area contributed by atoms with E-state index in [2.05, 4.69) is 44.2 Å². The molecule has 110 valence electrons.